The first kappa shape index (κ1) is 23.0. The van der Waals surface area contributed by atoms with E-state index in [9.17, 15) is 4.79 Å². The number of fused-ring (bicyclic) bond motifs is 1. The lowest BCUT2D eigenvalue weighted by molar-refractivity contribution is 0.0771. The number of rotatable bonds is 9. The van der Waals surface area contributed by atoms with Crippen molar-refractivity contribution in [3.63, 3.8) is 0 Å². The van der Waals surface area contributed by atoms with Crippen molar-refractivity contribution in [1.29, 1.82) is 0 Å². The Morgan fingerprint density at radius 3 is 2.52 bits per heavy atom. The summed E-state index contributed by atoms with van der Waals surface area (Å²) in [7, 11) is 3.21. The van der Waals surface area contributed by atoms with E-state index < -0.39 is 0 Å². The Balaban J connectivity index is 1.30. The first-order valence-corrected chi connectivity index (χ1v) is 11.3. The van der Waals surface area contributed by atoms with Gasteiger partial charge in [-0.3, -0.25) is 9.69 Å². The molecule has 1 fully saturated rings. The number of amides is 1. The predicted octanol–water partition coefficient (Wildman–Crippen LogP) is 2.41. The number of aromatic nitrogens is 2. The van der Waals surface area contributed by atoms with Gasteiger partial charge >= 0.3 is 0 Å². The lowest BCUT2D eigenvalue weighted by Gasteiger charge is -2.34. The molecule has 0 spiro atoms. The number of carbonyl (C=O) groups excluding carboxylic acids is 1. The van der Waals surface area contributed by atoms with Gasteiger partial charge in [-0.05, 0) is 37.6 Å². The van der Waals surface area contributed by atoms with Crippen LogP contribution in [0.15, 0.2) is 48.6 Å². The summed E-state index contributed by atoms with van der Waals surface area (Å²) in [5.74, 6) is 1.87. The van der Waals surface area contributed by atoms with Crippen molar-refractivity contribution < 1.29 is 19.0 Å². The maximum atomic E-state index is 13.3. The standard InChI is InChI=1S/C24H31N5O4/c1-31-17-19-18-33-22-16-20(32-2)6-7-21(22)23(30)29(19)11-4-3-10-27-12-14-28(15-13-27)24-25-8-5-9-26-24/h5-9,16,18H,3-4,10-15,17H2,1-2H3. The second-order valence-electron chi connectivity index (χ2n) is 8.06. The number of piperazine rings is 1. The van der Waals surface area contributed by atoms with Crippen LogP contribution in [0.2, 0.25) is 0 Å². The van der Waals surface area contributed by atoms with Crippen LogP contribution in [0.4, 0.5) is 5.95 Å². The summed E-state index contributed by atoms with van der Waals surface area (Å²) in [4.78, 5) is 28.4. The van der Waals surface area contributed by atoms with Gasteiger partial charge in [0.15, 0.2) is 0 Å². The van der Waals surface area contributed by atoms with Crippen molar-refractivity contribution in [2.75, 3.05) is 65.0 Å². The second kappa shape index (κ2) is 11.1. The molecule has 1 saturated heterocycles. The molecule has 9 nitrogen and oxygen atoms in total. The lowest BCUT2D eigenvalue weighted by atomic mass is 10.1. The molecule has 4 rings (SSSR count). The molecular formula is C24H31N5O4. The van der Waals surface area contributed by atoms with Gasteiger partial charge in [0.25, 0.3) is 5.91 Å². The summed E-state index contributed by atoms with van der Waals surface area (Å²) in [6, 6.07) is 7.10. The number of carbonyl (C=O) groups is 1. The molecule has 176 valence electrons. The summed E-state index contributed by atoms with van der Waals surface area (Å²) in [6.45, 7) is 5.73. The molecule has 0 aliphatic carbocycles. The second-order valence-corrected chi connectivity index (χ2v) is 8.06. The van der Waals surface area contributed by atoms with Crippen molar-refractivity contribution in [2.45, 2.75) is 12.8 Å². The number of benzene rings is 1. The van der Waals surface area contributed by atoms with Crippen LogP contribution < -0.4 is 14.4 Å². The fourth-order valence-electron chi connectivity index (χ4n) is 4.11. The molecule has 0 radical (unpaired) electrons. The first-order valence-electron chi connectivity index (χ1n) is 11.3. The summed E-state index contributed by atoms with van der Waals surface area (Å²) in [5, 5.41) is 0. The van der Waals surface area contributed by atoms with Gasteiger partial charge in [0.05, 0.1) is 25.0 Å². The Morgan fingerprint density at radius 2 is 1.79 bits per heavy atom. The zero-order valence-corrected chi connectivity index (χ0v) is 19.3. The number of methoxy groups -OCH3 is 2. The fraction of sp³-hybridized carbons (Fsp3) is 0.458. The maximum absolute atomic E-state index is 13.3. The van der Waals surface area contributed by atoms with Crippen LogP contribution in [-0.4, -0.2) is 85.8 Å². The summed E-state index contributed by atoms with van der Waals surface area (Å²) in [5.41, 5.74) is 1.24. The van der Waals surface area contributed by atoms with Crippen LogP contribution in [-0.2, 0) is 4.74 Å². The Hall–Kier alpha value is -3.17. The molecule has 0 bridgehead atoms. The topological polar surface area (TPSA) is 80.3 Å². The van der Waals surface area contributed by atoms with E-state index >= 15 is 0 Å². The average molecular weight is 454 g/mol. The number of unbranched alkanes of at least 4 members (excludes halogenated alkanes) is 1. The third-order valence-corrected chi connectivity index (χ3v) is 5.94. The highest BCUT2D eigenvalue weighted by molar-refractivity contribution is 5.98. The lowest BCUT2D eigenvalue weighted by Crippen LogP contribution is -2.47. The van der Waals surface area contributed by atoms with E-state index in [1.807, 2.05) is 6.07 Å². The highest BCUT2D eigenvalue weighted by Crippen LogP contribution is 2.30. The molecule has 2 aliphatic heterocycles. The maximum Gasteiger partial charge on any atom is 0.261 e. The van der Waals surface area contributed by atoms with Crippen molar-refractivity contribution >= 4 is 11.9 Å². The molecule has 33 heavy (non-hydrogen) atoms. The monoisotopic (exact) mass is 453 g/mol. The largest absolute Gasteiger partial charge is 0.497 e. The van der Waals surface area contributed by atoms with Gasteiger partial charge in [0.1, 0.15) is 17.8 Å². The predicted molar refractivity (Wildman–Crippen MR) is 125 cm³/mol. The molecule has 1 aromatic heterocycles. The number of ether oxygens (including phenoxy) is 3. The minimum absolute atomic E-state index is 0.0788. The SMILES string of the molecule is COCC1=COc2cc(OC)ccc2C(=O)N1CCCCN1CCN(c2ncccn2)CC1. The highest BCUT2D eigenvalue weighted by Gasteiger charge is 2.26. The van der Waals surface area contributed by atoms with Gasteiger partial charge in [0, 0.05) is 58.3 Å². The zero-order chi connectivity index (χ0) is 23.0. The normalized spacial score (nSPS) is 16.7. The highest BCUT2D eigenvalue weighted by atomic mass is 16.5. The van der Waals surface area contributed by atoms with Crippen LogP contribution in [0.25, 0.3) is 0 Å². The van der Waals surface area contributed by atoms with Gasteiger partial charge in [-0.15, -0.1) is 0 Å². The Kier molecular flexibility index (Phi) is 7.74. The quantitative estimate of drug-likeness (QED) is 0.536. The van der Waals surface area contributed by atoms with Crippen LogP contribution in [0, 0.1) is 0 Å². The van der Waals surface area contributed by atoms with Crippen molar-refractivity contribution in [2.24, 2.45) is 0 Å². The molecular weight excluding hydrogens is 422 g/mol. The van der Waals surface area contributed by atoms with Crippen molar-refractivity contribution in [3.8, 4) is 11.5 Å². The summed E-state index contributed by atoms with van der Waals surface area (Å²) in [6.07, 6.45) is 7.07. The average Bonchev–Trinajstić information content (AvgIpc) is 2.99. The van der Waals surface area contributed by atoms with Gasteiger partial charge in [-0.1, -0.05) is 0 Å². The molecule has 9 heteroatoms. The Labute approximate surface area is 194 Å². The van der Waals surface area contributed by atoms with Crippen LogP contribution in [0.3, 0.4) is 0 Å². The van der Waals surface area contributed by atoms with Crippen LogP contribution in [0.5, 0.6) is 11.5 Å². The summed E-state index contributed by atoms with van der Waals surface area (Å²) >= 11 is 0. The third kappa shape index (κ3) is 5.61. The molecule has 0 unspecified atom stereocenters. The minimum atomic E-state index is -0.0788. The minimum Gasteiger partial charge on any atom is -0.497 e. The molecule has 1 aromatic carbocycles. The van der Waals surface area contributed by atoms with E-state index in [1.54, 1.807) is 56.0 Å². The number of anilines is 1. The third-order valence-electron chi connectivity index (χ3n) is 5.94. The number of hydrogen-bond donors (Lipinski definition) is 0. The number of nitrogens with zero attached hydrogens (tertiary/aromatic N) is 5. The van der Waals surface area contributed by atoms with Gasteiger partial charge in [0.2, 0.25) is 5.95 Å². The zero-order valence-electron chi connectivity index (χ0n) is 19.3. The van der Waals surface area contributed by atoms with Gasteiger partial charge < -0.3 is 24.0 Å². The number of hydrogen-bond acceptors (Lipinski definition) is 8. The van der Waals surface area contributed by atoms with Gasteiger partial charge in [-0.25, -0.2) is 9.97 Å². The molecule has 2 aromatic rings. The Morgan fingerprint density at radius 1 is 1.03 bits per heavy atom. The van der Waals surface area contributed by atoms with E-state index in [-0.39, 0.29) is 5.91 Å². The van der Waals surface area contributed by atoms with Crippen molar-refractivity contribution in [1.82, 2.24) is 19.8 Å². The molecule has 2 aliphatic rings. The molecule has 3 heterocycles. The van der Waals surface area contributed by atoms with Crippen LogP contribution >= 0.6 is 0 Å². The van der Waals surface area contributed by atoms with Gasteiger partial charge in [-0.2, -0.15) is 0 Å². The van der Waals surface area contributed by atoms with E-state index in [0.717, 1.165) is 51.5 Å². The van der Waals surface area contributed by atoms with E-state index in [0.29, 0.717) is 35.9 Å². The van der Waals surface area contributed by atoms with E-state index in [4.69, 9.17) is 14.2 Å². The van der Waals surface area contributed by atoms with Crippen molar-refractivity contribution in [3.05, 3.63) is 54.2 Å². The summed E-state index contributed by atoms with van der Waals surface area (Å²) < 4.78 is 16.4. The molecule has 1 amide bonds. The fourth-order valence-corrected chi connectivity index (χ4v) is 4.11. The smallest absolute Gasteiger partial charge is 0.261 e. The van der Waals surface area contributed by atoms with Crippen LogP contribution in [0.1, 0.15) is 23.2 Å². The molecule has 0 saturated carbocycles. The molecule has 0 N–H and O–H groups in total. The molecule has 0 atom stereocenters. The van der Waals surface area contributed by atoms with E-state index in [1.165, 1.54) is 0 Å². The first-order chi connectivity index (χ1) is 16.2. The van der Waals surface area contributed by atoms with E-state index in [2.05, 4.69) is 19.8 Å². The Bertz CT molecular complexity index is 961.